The van der Waals surface area contributed by atoms with Crippen LogP contribution in [-0.4, -0.2) is 113 Å². The first-order valence-electron chi connectivity index (χ1n) is 12.4. The average molecular weight is 580 g/mol. The third-order valence-corrected chi connectivity index (χ3v) is 7.17. The minimum Gasteiger partial charge on any atom is -0.507 e. The van der Waals surface area contributed by atoms with Crippen molar-refractivity contribution in [1.29, 1.82) is 0 Å². The topological polar surface area (TPSA) is 260 Å². The van der Waals surface area contributed by atoms with E-state index >= 15 is 0 Å². The maximum atomic E-state index is 13.1. The van der Waals surface area contributed by atoms with Crippen LogP contribution < -0.4 is 5.43 Å². The molecule has 3 unspecified atom stereocenters. The van der Waals surface area contributed by atoms with Gasteiger partial charge < -0.3 is 69.7 Å². The molecule has 2 fully saturated rings. The predicted octanol–water partition coefficient (Wildman–Crippen LogP) is -1.74. The number of hydrogen-bond donors (Lipinski definition) is 10. The summed E-state index contributed by atoms with van der Waals surface area (Å²) in [4.78, 5) is 13.1. The summed E-state index contributed by atoms with van der Waals surface area (Å²) in [5.74, 6) is -2.55. The monoisotopic (exact) mass is 580 g/mol. The molecule has 3 aromatic rings. The van der Waals surface area contributed by atoms with Crippen molar-refractivity contribution in [1.82, 2.24) is 0 Å². The zero-order valence-electron chi connectivity index (χ0n) is 21.0. The summed E-state index contributed by atoms with van der Waals surface area (Å²) >= 11 is 0. The summed E-state index contributed by atoms with van der Waals surface area (Å²) < 4.78 is 22.2. The van der Waals surface area contributed by atoms with Gasteiger partial charge in [0.25, 0.3) is 0 Å². The minimum absolute atomic E-state index is 0.0810. The van der Waals surface area contributed by atoms with Crippen LogP contribution in [0, 0.1) is 0 Å². The molecule has 5 rings (SSSR count). The van der Waals surface area contributed by atoms with E-state index in [9.17, 15) is 55.9 Å². The van der Waals surface area contributed by atoms with Crippen LogP contribution in [-0.2, 0) is 14.2 Å². The summed E-state index contributed by atoms with van der Waals surface area (Å²) in [6, 6.07) is 5.60. The van der Waals surface area contributed by atoms with E-state index in [1.54, 1.807) is 0 Å². The molecule has 2 saturated heterocycles. The van der Waals surface area contributed by atoms with Gasteiger partial charge in [-0.3, -0.25) is 4.79 Å². The molecule has 1 aromatic heterocycles. The number of fused-ring (bicyclic) bond motifs is 1. The van der Waals surface area contributed by atoms with E-state index in [1.807, 2.05) is 0 Å². The lowest BCUT2D eigenvalue weighted by Gasteiger charge is -2.45. The van der Waals surface area contributed by atoms with Gasteiger partial charge in [-0.2, -0.15) is 0 Å². The minimum atomic E-state index is -1.87. The summed E-state index contributed by atoms with van der Waals surface area (Å²) in [5, 5.41) is 102. The van der Waals surface area contributed by atoms with Gasteiger partial charge in [0.15, 0.2) is 23.2 Å². The number of phenols is 4. The van der Waals surface area contributed by atoms with Crippen molar-refractivity contribution in [3.05, 3.63) is 46.1 Å². The van der Waals surface area contributed by atoms with Gasteiger partial charge in [0.1, 0.15) is 77.1 Å². The second-order valence-corrected chi connectivity index (χ2v) is 9.82. The maximum Gasteiger partial charge on any atom is 0.197 e. The van der Waals surface area contributed by atoms with Gasteiger partial charge in [0.2, 0.25) is 0 Å². The van der Waals surface area contributed by atoms with Crippen molar-refractivity contribution in [2.45, 2.75) is 55.1 Å². The van der Waals surface area contributed by atoms with Gasteiger partial charge in [-0.1, -0.05) is 0 Å². The number of phenolic OH excluding ortho intramolecular Hbond substituents is 4. The molecule has 0 bridgehead atoms. The maximum absolute atomic E-state index is 13.1. The van der Waals surface area contributed by atoms with Crippen molar-refractivity contribution >= 4 is 11.0 Å². The highest BCUT2D eigenvalue weighted by atomic mass is 16.7. The van der Waals surface area contributed by atoms with E-state index in [0.29, 0.717) is 0 Å². The summed E-state index contributed by atoms with van der Waals surface area (Å²) in [5.41, 5.74) is -1.41. The summed E-state index contributed by atoms with van der Waals surface area (Å²) in [7, 11) is 0. The highest BCUT2D eigenvalue weighted by molar-refractivity contribution is 5.88. The molecule has 0 radical (unpaired) electrons. The zero-order valence-corrected chi connectivity index (χ0v) is 21.0. The highest BCUT2D eigenvalue weighted by Crippen LogP contribution is 2.46. The Morgan fingerprint density at radius 1 is 0.854 bits per heavy atom. The molecule has 10 N–H and O–H groups in total. The average Bonchev–Trinajstić information content (AvgIpc) is 2.93. The van der Waals surface area contributed by atoms with Gasteiger partial charge in [-0.25, -0.2) is 0 Å². The van der Waals surface area contributed by atoms with Crippen LogP contribution in [0.2, 0.25) is 0 Å². The van der Waals surface area contributed by atoms with Crippen LogP contribution in [0.5, 0.6) is 23.0 Å². The molecule has 0 amide bonds. The molecule has 2 aliphatic heterocycles. The molecule has 15 heteroatoms. The predicted molar refractivity (Wildman–Crippen MR) is 134 cm³/mol. The van der Waals surface area contributed by atoms with Crippen LogP contribution in [0.4, 0.5) is 0 Å². The lowest BCUT2D eigenvalue weighted by atomic mass is 9.89. The fourth-order valence-electron chi connectivity index (χ4n) is 4.93. The molecule has 2 aliphatic rings. The van der Waals surface area contributed by atoms with Gasteiger partial charge in [0, 0.05) is 17.7 Å². The Morgan fingerprint density at radius 2 is 1.59 bits per heavy atom. The number of hydrogen-bond acceptors (Lipinski definition) is 15. The van der Waals surface area contributed by atoms with E-state index < -0.39 is 108 Å². The lowest BCUT2D eigenvalue weighted by molar-refractivity contribution is -0.325. The van der Waals surface area contributed by atoms with E-state index in [-0.39, 0.29) is 16.9 Å². The molecule has 2 aromatic carbocycles. The summed E-state index contributed by atoms with van der Waals surface area (Å²) in [6.07, 6.45) is -15.1. The van der Waals surface area contributed by atoms with Crippen molar-refractivity contribution < 1.29 is 69.7 Å². The van der Waals surface area contributed by atoms with E-state index in [0.717, 1.165) is 24.3 Å². The SMILES string of the molecule is O=c1cc(-c2ccc(O)c(O)c2)oc2cc(O)c([C@@H]3OC(CO)[C@@H](O)[C@H](O)C3O[C@@H]3OC[C@@H](O)[C@H](O)C3O)c(O)c12. The standard InChI is InChI=1S/C26H28O15/c27-6-16-20(34)22(36)25(41-26-23(37)19(33)13(32)7-38-26)24(40-16)18-12(31)5-15-17(21(18)35)11(30)4-14(39-15)8-1-2-9(28)10(29)3-8/h1-5,13,16,19-20,22-29,31-37H,6-7H2/t13-,16?,19+,20-,22+,23?,24+,25?,26+/m1/s1. The number of aromatic hydroxyl groups is 4. The Kier molecular flexibility index (Phi) is 7.82. The second kappa shape index (κ2) is 11.1. The smallest absolute Gasteiger partial charge is 0.197 e. The van der Waals surface area contributed by atoms with E-state index in [1.165, 1.54) is 6.07 Å². The first kappa shape index (κ1) is 29.0. The Labute approximate surface area is 229 Å². The Morgan fingerprint density at radius 3 is 2.27 bits per heavy atom. The third kappa shape index (κ3) is 5.07. The second-order valence-electron chi connectivity index (χ2n) is 9.82. The Bertz CT molecular complexity index is 1490. The van der Waals surface area contributed by atoms with Crippen LogP contribution in [0.25, 0.3) is 22.3 Å². The molecule has 15 nitrogen and oxygen atoms in total. The van der Waals surface area contributed by atoms with E-state index in [2.05, 4.69) is 0 Å². The number of ether oxygens (including phenoxy) is 3. The van der Waals surface area contributed by atoms with Crippen molar-refractivity contribution in [2.75, 3.05) is 13.2 Å². The van der Waals surface area contributed by atoms with Crippen molar-refractivity contribution in [3.8, 4) is 34.3 Å². The molecule has 0 saturated carbocycles. The van der Waals surface area contributed by atoms with Crippen LogP contribution >= 0.6 is 0 Å². The quantitative estimate of drug-likeness (QED) is 0.150. The third-order valence-electron chi connectivity index (χ3n) is 7.17. The highest BCUT2D eigenvalue weighted by Gasteiger charge is 2.50. The lowest BCUT2D eigenvalue weighted by Crippen LogP contribution is -2.60. The fourth-order valence-corrected chi connectivity index (χ4v) is 4.93. The van der Waals surface area contributed by atoms with E-state index in [4.69, 9.17) is 18.6 Å². The van der Waals surface area contributed by atoms with Crippen molar-refractivity contribution in [2.24, 2.45) is 0 Å². The first-order chi connectivity index (χ1) is 19.4. The van der Waals surface area contributed by atoms with Gasteiger partial charge in [-0.15, -0.1) is 0 Å². The first-order valence-corrected chi connectivity index (χ1v) is 12.4. The summed E-state index contributed by atoms with van der Waals surface area (Å²) in [6.45, 7) is -1.28. The molecule has 0 spiro atoms. The fraction of sp³-hybridized carbons (Fsp3) is 0.423. The number of aliphatic hydroxyl groups excluding tert-OH is 6. The molecular formula is C26H28O15. The Balaban J connectivity index is 1.59. The number of aliphatic hydroxyl groups is 6. The van der Waals surface area contributed by atoms with Gasteiger partial charge >= 0.3 is 0 Å². The normalized spacial score (nSPS) is 32.3. The van der Waals surface area contributed by atoms with Gasteiger partial charge in [0.05, 0.1) is 18.8 Å². The van der Waals surface area contributed by atoms with Crippen LogP contribution in [0.1, 0.15) is 11.7 Å². The molecule has 41 heavy (non-hydrogen) atoms. The van der Waals surface area contributed by atoms with Crippen LogP contribution in [0.15, 0.2) is 39.5 Å². The number of benzene rings is 2. The molecule has 222 valence electrons. The largest absolute Gasteiger partial charge is 0.507 e. The molecule has 3 heterocycles. The molecule has 0 aliphatic carbocycles. The van der Waals surface area contributed by atoms with Crippen molar-refractivity contribution in [3.63, 3.8) is 0 Å². The van der Waals surface area contributed by atoms with Crippen LogP contribution in [0.3, 0.4) is 0 Å². The number of rotatable bonds is 5. The zero-order chi connectivity index (χ0) is 29.7. The molecular weight excluding hydrogens is 552 g/mol. The molecule has 9 atom stereocenters. The Hall–Kier alpha value is -3.51. The van der Waals surface area contributed by atoms with Gasteiger partial charge in [-0.05, 0) is 18.2 Å².